The molecule has 1 heterocycles. The van der Waals surface area contributed by atoms with Crippen LogP contribution in [0.3, 0.4) is 0 Å². The van der Waals surface area contributed by atoms with E-state index >= 15 is 0 Å². The molecule has 0 aromatic heterocycles. The second-order valence-corrected chi connectivity index (χ2v) is 7.56. The third kappa shape index (κ3) is 3.23. The first-order valence-corrected chi connectivity index (χ1v) is 7.89. The van der Waals surface area contributed by atoms with Crippen LogP contribution in [0, 0.1) is 0 Å². The number of rotatable bonds is 1. The van der Waals surface area contributed by atoms with Crippen molar-refractivity contribution in [3.8, 4) is 0 Å². The van der Waals surface area contributed by atoms with Gasteiger partial charge in [-0.1, -0.05) is 26.8 Å². The molecule has 0 spiro atoms. The summed E-state index contributed by atoms with van der Waals surface area (Å²) in [6, 6.07) is 3.85. The van der Waals surface area contributed by atoms with Crippen LogP contribution in [0.5, 0.6) is 0 Å². The minimum absolute atomic E-state index is 0.260. The Hall–Kier alpha value is -0.880. The van der Waals surface area contributed by atoms with Crippen molar-refractivity contribution in [2.75, 3.05) is 23.1 Å². The zero-order chi connectivity index (χ0) is 15.1. The smallest absolute Gasteiger partial charge is 0.416 e. The molecule has 20 heavy (non-hydrogen) atoms. The Morgan fingerprint density at radius 3 is 2.30 bits per heavy atom. The number of hydrogen-bond acceptors (Lipinski definition) is 2. The van der Waals surface area contributed by atoms with Gasteiger partial charge in [0.1, 0.15) is 5.75 Å². The molecule has 2 rings (SSSR count). The molecular weight excluding hydrogens is 287 g/mol. The van der Waals surface area contributed by atoms with Crippen LogP contribution >= 0.6 is 0 Å². The van der Waals surface area contributed by atoms with Crippen LogP contribution in [-0.2, 0) is 22.8 Å². The van der Waals surface area contributed by atoms with E-state index in [-0.39, 0.29) is 5.41 Å². The predicted molar refractivity (Wildman–Crippen MR) is 75.4 cm³/mol. The predicted octanol–water partition coefficient (Wildman–Crippen LogP) is 3.53. The van der Waals surface area contributed by atoms with Gasteiger partial charge in [0.25, 0.3) is 0 Å². The third-order valence-corrected chi connectivity index (χ3v) is 4.60. The summed E-state index contributed by atoms with van der Waals surface area (Å²) in [5, 5.41) is 0. The molecule has 1 fully saturated rings. The quantitative estimate of drug-likeness (QED) is 0.742. The molecule has 1 aromatic rings. The Kier molecular flexibility index (Phi) is 3.99. The molecule has 1 aliphatic heterocycles. The topological polar surface area (TPSA) is 26.3 Å². The minimum Gasteiger partial charge on any atom is -0.615 e. The van der Waals surface area contributed by atoms with Gasteiger partial charge >= 0.3 is 6.18 Å². The fourth-order valence-corrected chi connectivity index (χ4v) is 3.48. The van der Waals surface area contributed by atoms with Gasteiger partial charge < -0.3 is 9.45 Å². The van der Waals surface area contributed by atoms with Crippen LogP contribution in [0.25, 0.3) is 0 Å². The molecule has 6 heteroatoms. The molecule has 1 saturated heterocycles. The lowest BCUT2D eigenvalue weighted by atomic mass is 9.85. The van der Waals surface area contributed by atoms with Gasteiger partial charge in [0, 0.05) is 5.69 Å². The molecule has 1 unspecified atom stereocenters. The Bertz CT molecular complexity index is 496. The number of anilines is 1. The summed E-state index contributed by atoms with van der Waals surface area (Å²) >= 11 is -0.972. The molecule has 2 nitrogen and oxygen atoms in total. The van der Waals surface area contributed by atoms with Crippen molar-refractivity contribution in [1.82, 2.24) is 0 Å². The lowest BCUT2D eigenvalue weighted by Crippen LogP contribution is -2.25. The number of hydrogen-bond donors (Lipinski definition) is 0. The van der Waals surface area contributed by atoms with Crippen molar-refractivity contribution >= 4 is 16.9 Å². The first-order chi connectivity index (χ1) is 9.09. The van der Waals surface area contributed by atoms with Crippen molar-refractivity contribution < 1.29 is 17.7 Å². The fourth-order valence-electron chi connectivity index (χ4n) is 2.31. The van der Waals surface area contributed by atoms with E-state index in [2.05, 4.69) is 0 Å². The number of nitrogens with zero attached hydrogens (tertiary/aromatic N) is 1. The first kappa shape index (κ1) is 15.5. The van der Waals surface area contributed by atoms with E-state index in [0.29, 0.717) is 23.9 Å². The zero-order valence-electron chi connectivity index (χ0n) is 11.8. The van der Waals surface area contributed by atoms with Gasteiger partial charge in [0.05, 0.1) is 12.1 Å². The molecule has 1 aromatic carbocycles. The lowest BCUT2D eigenvalue weighted by molar-refractivity contribution is -0.137. The van der Waals surface area contributed by atoms with E-state index in [1.54, 1.807) is 11.0 Å². The summed E-state index contributed by atoms with van der Waals surface area (Å²) in [7, 11) is 0. The van der Waals surface area contributed by atoms with Crippen molar-refractivity contribution in [1.29, 1.82) is 0 Å². The highest BCUT2D eigenvalue weighted by atomic mass is 32.2. The molecule has 1 atom stereocenters. The molecule has 1 aliphatic rings. The van der Waals surface area contributed by atoms with Gasteiger partial charge in [-0.05, 0) is 34.3 Å². The summed E-state index contributed by atoms with van der Waals surface area (Å²) in [5.74, 6) is 0.824. The van der Waals surface area contributed by atoms with Crippen LogP contribution in [0.2, 0.25) is 0 Å². The van der Waals surface area contributed by atoms with Crippen LogP contribution in [0.4, 0.5) is 18.9 Å². The van der Waals surface area contributed by atoms with E-state index in [1.807, 2.05) is 20.8 Å². The standard InChI is InChI=1S/C14H18F3NOS/c1-13(2,3)11-5-4-10(14(15,16)17)8-12(11)18-6-7-20(19)9-18/h4-5,8H,6-7,9H2,1-3H3. The van der Waals surface area contributed by atoms with Gasteiger partial charge in [0.15, 0.2) is 5.88 Å². The molecule has 0 N–H and O–H groups in total. The summed E-state index contributed by atoms with van der Waals surface area (Å²) in [6.45, 7) is 6.43. The Morgan fingerprint density at radius 2 is 1.85 bits per heavy atom. The monoisotopic (exact) mass is 305 g/mol. The second kappa shape index (κ2) is 5.15. The molecule has 0 saturated carbocycles. The number of alkyl halides is 3. The Labute approximate surface area is 120 Å². The van der Waals surface area contributed by atoms with Crippen LogP contribution < -0.4 is 4.90 Å². The summed E-state index contributed by atoms with van der Waals surface area (Å²) < 4.78 is 50.2. The highest BCUT2D eigenvalue weighted by molar-refractivity contribution is 7.91. The highest BCUT2D eigenvalue weighted by Crippen LogP contribution is 2.38. The second-order valence-electron chi connectivity index (χ2n) is 6.02. The van der Waals surface area contributed by atoms with Crippen LogP contribution in [0.1, 0.15) is 31.9 Å². The van der Waals surface area contributed by atoms with Gasteiger partial charge in [-0.25, -0.2) is 0 Å². The molecule has 0 aliphatic carbocycles. The maximum atomic E-state index is 12.9. The summed E-state index contributed by atoms with van der Waals surface area (Å²) in [4.78, 5) is 1.80. The van der Waals surface area contributed by atoms with Gasteiger partial charge in [0.2, 0.25) is 0 Å². The van der Waals surface area contributed by atoms with Crippen molar-refractivity contribution in [3.63, 3.8) is 0 Å². The zero-order valence-corrected chi connectivity index (χ0v) is 12.6. The molecule has 112 valence electrons. The largest absolute Gasteiger partial charge is 0.615 e. The van der Waals surface area contributed by atoms with Crippen molar-refractivity contribution in [2.24, 2.45) is 0 Å². The maximum Gasteiger partial charge on any atom is 0.416 e. The fraction of sp³-hybridized carbons (Fsp3) is 0.571. The van der Waals surface area contributed by atoms with Crippen molar-refractivity contribution in [2.45, 2.75) is 32.4 Å². The normalized spacial score (nSPS) is 20.6. The highest BCUT2D eigenvalue weighted by Gasteiger charge is 2.34. The van der Waals surface area contributed by atoms with Gasteiger partial charge in [-0.3, -0.25) is 0 Å². The molecular formula is C14H18F3NOS. The molecule has 0 radical (unpaired) electrons. The molecule has 0 amide bonds. The lowest BCUT2D eigenvalue weighted by Gasteiger charge is -2.28. The Morgan fingerprint density at radius 1 is 1.20 bits per heavy atom. The van der Waals surface area contributed by atoms with E-state index in [4.69, 9.17) is 0 Å². The van der Waals surface area contributed by atoms with Crippen LogP contribution in [-0.4, -0.2) is 22.7 Å². The third-order valence-electron chi connectivity index (χ3n) is 3.36. The van der Waals surface area contributed by atoms with Crippen molar-refractivity contribution in [3.05, 3.63) is 29.3 Å². The summed E-state index contributed by atoms with van der Waals surface area (Å²) in [5.41, 5.74) is 0.490. The number of benzene rings is 1. The average Bonchev–Trinajstić information content (AvgIpc) is 2.72. The minimum atomic E-state index is -4.36. The maximum absolute atomic E-state index is 12.9. The van der Waals surface area contributed by atoms with E-state index in [9.17, 15) is 17.7 Å². The first-order valence-electron chi connectivity index (χ1n) is 6.41. The van der Waals surface area contributed by atoms with Gasteiger partial charge in [-0.15, -0.1) is 0 Å². The molecule has 0 bridgehead atoms. The van der Waals surface area contributed by atoms with Crippen LogP contribution in [0.15, 0.2) is 18.2 Å². The van der Waals surface area contributed by atoms with Gasteiger partial charge in [-0.2, -0.15) is 13.2 Å². The SMILES string of the molecule is CC(C)(C)c1ccc(C(F)(F)F)cc1N1CC[S+]([O-])C1. The van der Waals surface area contributed by atoms with E-state index in [0.717, 1.165) is 11.6 Å². The van der Waals surface area contributed by atoms with E-state index in [1.165, 1.54) is 6.07 Å². The average molecular weight is 305 g/mol. The van der Waals surface area contributed by atoms with E-state index < -0.39 is 22.9 Å². The Balaban J connectivity index is 2.49. The summed E-state index contributed by atoms with van der Waals surface area (Å²) in [6.07, 6.45) is -4.36. The number of halogens is 3.